The standard InChI is InChI=1S/C29H27N3O3S/c1-18-5-9-22(10-6-18)31-27(33)25(17-30)29-32(23-11-13-24(35-4)14-12-23)28(34)26(36-29)16-21-8-7-19(2)20(3)15-21/h5-15,26H,16H2,1-4H3,(H,31,33)/b29-25-. The molecule has 2 amide bonds. The molecule has 1 heterocycles. The Kier molecular flexibility index (Phi) is 7.47. The van der Waals surface area contributed by atoms with E-state index < -0.39 is 11.2 Å². The lowest BCUT2D eigenvalue weighted by Crippen LogP contribution is -2.30. The number of nitriles is 1. The van der Waals surface area contributed by atoms with E-state index in [1.165, 1.54) is 22.2 Å². The second kappa shape index (κ2) is 10.7. The average molecular weight is 498 g/mol. The molecule has 4 rings (SSSR count). The van der Waals surface area contributed by atoms with Gasteiger partial charge in [0.15, 0.2) is 0 Å². The quantitative estimate of drug-likeness (QED) is 0.350. The van der Waals surface area contributed by atoms with Crippen LogP contribution in [0.3, 0.4) is 0 Å². The molecule has 6 nitrogen and oxygen atoms in total. The monoisotopic (exact) mass is 497 g/mol. The zero-order chi connectivity index (χ0) is 25.8. The number of nitrogens with one attached hydrogen (secondary N) is 1. The smallest absolute Gasteiger partial charge is 0.269 e. The molecule has 0 bridgehead atoms. The minimum Gasteiger partial charge on any atom is -0.497 e. The number of anilines is 2. The van der Waals surface area contributed by atoms with Crippen molar-refractivity contribution in [2.75, 3.05) is 17.3 Å². The normalized spacial score (nSPS) is 16.5. The SMILES string of the molecule is COc1ccc(N2C(=O)C(Cc3ccc(C)c(C)c3)S/C2=C(/C#N)C(=O)Nc2ccc(C)cc2)cc1. The zero-order valence-corrected chi connectivity index (χ0v) is 21.5. The molecule has 1 aliphatic heterocycles. The molecule has 1 saturated heterocycles. The number of hydrogen-bond donors (Lipinski definition) is 1. The third-order valence-electron chi connectivity index (χ3n) is 6.14. The van der Waals surface area contributed by atoms with Crippen molar-refractivity contribution in [3.05, 3.63) is 99.6 Å². The van der Waals surface area contributed by atoms with Gasteiger partial charge in [-0.3, -0.25) is 14.5 Å². The molecule has 1 atom stereocenters. The van der Waals surface area contributed by atoms with Crippen LogP contribution in [0, 0.1) is 32.1 Å². The fraction of sp³-hybridized carbons (Fsp3) is 0.207. The fourth-order valence-corrected chi connectivity index (χ4v) is 5.24. The van der Waals surface area contributed by atoms with Gasteiger partial charge >= 0.3 is 0 Å². The van der Waals surface area contributed by atoms with Gasteiger partial charge in [0.25, 0.3) is 5.91 Å². The predicted molar refractivity (Wildman–Crippen MR) is 144 cm³/mol. The van der Waals surface area contributed by atoms with E-state index in [2.05, 4.69) is 11.4 Å². The molecule has 1 aliphatic rings. The van der Waals surface area contributed by atoms with Crippen molar-refractivity contribution >= 4 is 35.0 Å². The maximum absolute atomic E-state index is 13.7. The van der Waals surface area contributed by atoms with Gasteiger partial charge in [0.05, 0.1) is 12.4 Å². The summed E-state index contributed by atoms with van der Waals surface area (Å²) in [6.45, 7) is 6.05. The van der Waals surface area contributed by atoms with Crippen molar-refractivity contribution in [2.45, 2.75) is 32.4 Å². The number of amides is 2. The third kappa shape index (κ3) is 5.29. The van der Waals surface area contributed by atoms with Gasteiger partial charge < -0.3 is 10.1 Å². The van der Waals surface area contributed by atoms with Gasteiger partial charge in [-0.1, -0.05) is 47.7 Å². The predicted octanol–water partition coefficient (Wildman–Crippen LogP) is 5.69. The second-order valence-corrected chi connectivity index (χ2v) is 9.90. The van der Waals surface area contributed by atoms with Crippen LogP contribution in [0.25, 0.3) is 0 Å². The molecule has 0 aromatic heterocycles. The van der Waals surface area contributed by atoms with Crippen molar-refractivity contribution in [2.24, 2.45) is 0 Å². The molecular formula is C29H27N3O3S. The number of carbonyl (C=O) groups excluding carboxylic acids is 2. The van der Waals surface area contributed by atoms with E-state index in [-0.39, 0.29) is 11.5 Å². The van der Waals surface area contributed by atoms with Crippen molar-refractivity contribution in [1.29, 1.82) is 5.26 Å². The Bertz CT molecular complexity index is 1370. The highest BCUT2D eigenvalue weighted by Gasteiger charge is 2.40. The van der Waals surface area contributed by atoms with E-state index >= 15 is 0 Å². The van der Waals surface area contributed by atoms with Gasteiger partial charge in [0.1, 0.15) is 22.4 Å². The molecule has 36 heavy (non-hydrogen) atoms. The van der Waals surface area contributed by atoms with Crippen LogP contribution in [-0.2, 0) is 16.0 Å². The van der Waals surface area contributed by atoms with Gasteiger partial charge in [0.2, 0.25) is 5.91 Å². The Hall–Kier alpha value is -4.02. The molecule has 3 aromatic carbocycles. The molecular weight excluding hydrogens is 470 g/mol. The summed E-state index contributed by atoms with van der Waals surface area (Å²) < 4.78 is 5.25. The van der Waals surface area contributed by atoms with Crippen LogP contribution in [0.15, 0.2) is 77.3 Å². The van der Waals surface area contributed by atoms with Gasteiger partial charge in [-0.15, -0.1) is 0 Å². The summed E-state index contributed by atoms with van der Waals surface area (Å²) >= 11 is 1.25. The van der Waals surface area contributed by atoms with Gasteiger partial charge in [-0.05, 0) is 80.3 Å². The molecule has 1 unspecified atom stereocenters. The second-order valence-electron chi connectivity index (χ2n) is 8.71. The van der Waals surface area contributed by atoms with Gasteiger partial charge in [0, 0.05) is 11.4 Å². The number of rotatable bonds is 6. The van der Waals surface area contributed by atoms with E-state index in [0.717, 1.165) is 16.7 Å². The molecule has 1 N–H and O–H groups in total. The third-order valence-corrected chi connectivity index (χ3v) is 7.40. The van der Waals surface area contributed by atoms with Crippen LogP contribution in [0.2, 0.25) is 0 Å². The summed E-state index contributed by atoms with van der Waals surface area (Å²) in [5.74, 6) is -0.0795. The Balaban J connectivity index is 1.72. The molecule has 0 radical (unpaired) electrons. The highest BCUT2D eigenvalue weighted by atomic mass is 32.2. The maximum atomic E-state index is 13.7. The Morgan fingerprint density at radius 2 is 1.72 bits per heavy atom. The molecule has 182 valence electrons. The summed E-state index contributed by atoms with van der Waals surface area (Å²) in [7, 11) is 1.57. The zero-order valence-electron chi connectivity index (χ0n) is 20.7. The topological polar surface area (TPSA) is 82.4 Å². The van der Waals surface area contributed by atoms with Gasteiger partial charge in [-0.25, -0.2) is 0 Å². The van der Waals surface area contributed by atoms with Crippen LogP contribution < -0.4 is 15.0 Å². The van der Waals surface area contributed by atoms with Crippen molar-refractivity contribution in [3.8, 4) is 11.8 Å². The lowest BCUT2D eigenvalue weighted by molar-refractivity contribution is -0.117. The molecule has 3 aromatic rings. The largest absolute Gasteiger partial charge is 0.497 e. The van der Waals surface area contributed by atoms with Crippen LogP contribution in [0.1, 0.15) is 22.3 Å². The van der Waals surface area contributed by atoms with Crippen LogP contribution in [0.4, 0.5) is 11.4 Å². The van der Waals surface area contributed by atoms with Crippen molar-refractivity contribution in [1.82, 2.24) is 0 Å². The highest BCUT2D eigenvalue weighted by Crippen LogP contribution is 2.42. The number of methoxy groups -OCH3 is 1. The average Bonchev–Trinajstić information content (AvgIpc) is 3.18. The Morgan fingerprint density at radius 3 is 2.33 bits per heavy atom. The number of hydrogen-bond acceptors (Lipinski definition) is 5. The number of thioether (sulfide) groups is 1. The van der Waals surface area contributed by atoms with E-state index in [1.807, 2.05) is 51.1 Å². The van der Waals surface area contributed by atoms with E-state index in [1.54, 1.807) is 43.5 Å². The molecule has 0 aliphatic carbocycles. The van der Waals surface area contributed by atoms with Crippen LogP contribution >= 0.6 is 11.8 Å². The first-order valence-electron chi connectivity index (χ1n) is 11.5. The van der Waals surface area contributed by atoms with Gasteiger partial charge in [-0.2, -0.15) is 5.26 Å². The molecule has 1 fully saturated rings. The lowest BCUT2D eigenvalue weighted by Gasteiger charge is -2.19. The highest BCUT2D eigenvalue weighted by molar-refractivity contribution is 8.05. The minimum atomic E-state index is -0.554. The Morgan fingerprint density at radius 1 is 1.03 bits per heavy atom. The van der Waals surface area contributed by atoms with E-state index in [9.17, 15) is 14.9 Å². The summed E-state index contributed by atoms with van der Waals surface area (Å²) in [4.78, 5) is 28.3. The molecule has 0 spiro atoms. The first kappa shape index (κ1) is 25.1. The van der Waals surface area contributed by atoms with E-state index in [0.29, 0.717) is 28.6 Å². The lowest BCUT2D eigenvalue weighted by atomic mass is 10.0. The summed E-state index contributed by atoms with van der Waals surface area (Å²) in [6, 6.07) is 22.5. The minimum absolute atomic E-state index is 0.104. The summed E-state index contributed by atoms with van der Waals surface area (Å²) in [5.41, 5.74) is 5.47. The first-order chi connectivity index (χ1) is 17.3. The van der Waals surface area contributed by atoms with Crippen LogP contribution in [0.5, 0.6) is 5.75 Å². The summed E-state index contributed by atoms with van der Waals surface area (Å²) in [5, 5.41) is 12.7. The number of benzene rings is 3. The van der Waals surface area contributed by atoms with E-state index in [4.69, 9.17) is 4.74 Å². The first-order valence-corrected chi connectivity index (χ1v) is 12.4. The molecule has 0 saturated carbocycles. The number of aryl methyl sites for hydroxylation is 3. The van der Waals surface area contributed by atoms with Crippen LogP contribution in [-0.4, -0.2) is 24.2 Å². The van der Waals surface area contributed by atoms with Crippen molar-refractivity contribution in [3.63, 3.8) is 0 Å². The fourth-order valence-electron chi connectivity index (χ4n) is 3.93. The molecule has 7 heteroatoms. The number of ether oxygens (including phenoxy) is 1. The maximum Gasteiger partial charge on any atom is 0.269 e. The Labute approximate surface area is 215 Å². The van der Waals surface area contributed by atoms with Crippen molar-refractivity contribution < 1.29 is 14.3 Å². The summed E-state index contributed by atoms with van der Waals surface area (Å²) in [6.07, 6.45) is 0.485. The number of nitrogens with zero attached hydrogens (tertiary/aromatic N) is 2. The number of carbonyl (C=O) groups is 2.